The number of primary amides is 1. The van der Waals surface area contributed by atoms with Crippen molar-refractivity contribution in [3.05, 3.63) is 95.8 Å². The summed E-state index contributed by atoms with van der Waals surface area (Å²) < 4.78 is 34.7. The average Bonchev–Trinajstić information content (AvgIpc) is 3.38. The Morgan fingerprint density at radius 3 is 2.53 bits per heavy atom. The van der Waals surface area contributed by atoms with Crippen LogP contribution in [0.3, 0.4) is 0 Å². The zero-order chi connectivity index (χ0) is 20.8. The van der Waals surface area contributed by atoms with Crippen molar-refractivity contribution in [3.8, 4) is 11.3 Å². The van der Waals surface area contributed by atoms with E-state index in [-0.39, 0.29) is 0 Å². The van der Waals surface area contributed by atoms with Gasteiger partial charge in [0.2, 0.25) is 5.91 Å². The van der Waals surface area contributed by atoms with E-state index >= 15 is 0 Å². The highest BCUT2D eigenvalue weighted by molar-refractivity contribution is 6.18. The molecule has 2 heterocycles. The topological polar surface area (TPSA) is 61.2 Å². The average molecular weight is 402 g/mol. The molecule has 6 heteroatoms. The van der Waals surface area contributed by atoms with Crippen LogP contribution in [0.5, 0.6) is 0 Å². The molecular formula is C24H16F2N2O2. The van der Waals surface area contributed by atoms with Crippen LogP contribution in [0.4, 0.5) is 8.78 Å². The van der Waals surface area contributed by atoms with Gasteiger partial charge in [-0.3, -0.25) is 4.79 Å². The van der Waals surface area contributed by atoms with Gasteiger partial charge in [-0.05, 0) is 48.0 Å². The monoisotopic (exact) mass is 402 g/mol. The van der Waals surface area contributed by atoms with E-state index in [0.29, 0.717) is 23.4 Å². The maximum atomic E-state index is 13.8. The molecule has 2 N–H and O–H groups in total. The molecule has 2 aromatic heterocycles. The van der Waals surface area contributed by atoms with Gasteiger partial charge in [-0.15, -0.1) is 0 Å². The Balaban J connectivity index is 1.80. The first-order valence-corrected chi connectivity index (χ1v) is 9.35. The third kappa shape index (κ3) is 2.85. The Kier molecular flexibility index (Phi) is 4.13. The van der Waals surface area contributed by atoms with Crippen LogP contribution in [0.1, 0.15) is 15.9 Å². The minimum absolute atomic E-state index is 0.293. The molecule has 0 aliphatic carbocycles. The van der Waals surface area contributed by atoms with Gasteiger partial charge in [0.15, 0.2) is 11.6 Å². The number of benzene rings is 3. The van der Waals surface area contributed by atoms with E-state index in [1.165, 1.54) is 6.07 Å². The van der Waals surface area contributed by atoms with Crippen LogP contribution in [-0.4, -0.2) is 10.5 Å². The van der Waals surface area contributed by atoms with Crippen molar-refractivity contribution in [1.29, 1.82) is 0 Å². The molecule has 0 spiro atoms. The number of nitrogens with zero attached hydrogens (tertiary/aromatic N) is 1. The number of halogens is 2. The lowest BCUT2D eigenvalue weighted by Gasteiger charge is -2.09. The summed E-state index contributed by atoms with van der Waals surface area (Å²) in [6.45, 7) is 0.293. The summed E-state index contributed by atoms with van der Waals surface area (Å²) in [6, 6.07) is 18.6. The highest BCUT2D eigenvalue weighted by Crippen LogP contribution is 2.35. The van der Waals surface area contributed by atoms with E-state index in [1.54, 1.807) is 24.5 Å². The minimum Gasteiger partial charge on any atom is -0.464 e. The summed E-state index contributed by atoms with van der Waals surface area (Å²) in [5, 5.41) is 1.57. The number of aromatic nitrogens is 1. The Hall–Kier alpha value is -3.93. The first-order chi connectivity index (χ1) is 14.5. The van der Waals surface area contributed by atoms with Crippen LogP contribution in [0.15, 0.2) is 77.4 Å². The minimum atomic E-state index is -0.901. The van der Waals surface area contributed by atoms with E-state index in [0.717, 1.165) is 33.4 Å². The number of hydrogen-bond acceptors (Lipinski definition) is 2. The van der Waals surface area contributed by atoms with Gasteiger partial charge in [-0.2, -0.15) is 0 Å². The maximum Gasteiger partial charge on any atom is 0.249 e. The first-order valence-electron chi connectivity index (χ1n) is 9.35. The van der Waals surface area contributed by atoms with Gasteiger partial charge in [0.25, 0.3) is 0 Å². The van der Waals surface area contributed by atoms with Crippen molar-refractivity contribution in [2.75, 3.05) is 0 Å². The normalized spacial score (nSPS) is 11.4. The maximum absolute atomic E-state index is 13.8. The molecule has 0 saturated heterocycles. The zero-order valence-corrected chi connectivity index (χ0v) is 15.7. The molecule has 0 unspecified atom stereocenters. The fourth-order valence-corrected chi connectivity index (χ4v) is 3.94. The van der Waals surface area contributed by atoms with Gasteiger partial charge in [0, 0.05) is 28.4 Å². The molecule has 3 aromatic carbocycles. The summed E-state index contributed by atoms with van der Waals surface area (Å²) in [6.07, 6.45) is 1.60. The van der Waals surface area contributed by atoms with Crippen molar-refractivity contribution < 1.29 is 18.0 Å². The molecule has 4 nitrogen and oxygen atoms in total. The predicted molar refractivity (Wildman–Crippen MR) is 111 cm³/mol. The number of rotatable bonds is 4. The van der Waals surface area contributed by atoms with Gasteiger partial charge < -0.3 is 14.7 Å². The molecule has 148 valence electrons. The van der Waals surface area contributed by atoms with E-state index in [2.05, 4.69) is 0 Å². The lowest BCUT2D eigenvalue weighted by molar-refractivity contribution is 0.100. The van der Waals surface area contributed by atoms with E-state index < -0.39 is 17.5 Å². The van der Waals surface area contributed by atoms with Gasteiger partial charge >= 0.3 is 0 Å². The number of carbonyl (C=O) groups excluding carboxylic acids is 1. The Bertz CT molecular complexity index is 1420. The van der Waals surface area contributed by atoms with Crippen LogP contribution in [-0.2, 0) is 6.54 Å². The Morgan fingerprint density at radius 1 is 0.933 bits per heavy atom. The number of fused-ring (bicyclic) bond motifs is 3. The molecule has 5 aromatic rings. The number of amides is 1. The number of carbonyl (C=O) groups is 1. The van der Waals surface area contributed by atoms with Gasteiger partial charge in [-0.1, -0.05) is 24.3 Å². The first kappa shape index (κ1) is 18.1. The molecule has 1 amide bonds. The quantitative estimate of drug-likeness (QED) is 0.433. The summed E-state index contributed by atoms with van der Waals surface area (Å²) in [5.74, 6) is -1.61. The standard InChI is InChI=1S/C24H16F2N2O2/c25-18-9-6-14(11-19(18)26)13-28-20-4-1-3-17(24(27)29)23(20)16-8-7-15(12-21(16)28)22-5-2-10-30-22/h1-12H,13H2,(H2,27,29). The van der Waals surface area contributed by atoms with Crippen LogP contribution in [0.25, 0.3) is 33.1 Å². The second kappa shape index (κ2) is 6.84. The molecular weight excluding hydrogens is 386 g/mol. The molecule has 30 heavy (non-hydrogen) atoms. The van der Waals surface area contributed by atoms with Crippen LogP contribution >= 0.6 is 0 Å². The SMILES string of the molecule is NC(=O)c1cccc2c1c1ccc(-c3ccco3)cc1n2Cc1ccc(F)c(F)c1. The van der Waals surface area contributed by atoms with Gasteiger partial charge in [0.05, 0.1) is 17.3 Å². The van der Waals surface area contributed by atoms with Crippen LogP contribution < -0.4 is 5.73 Å². The van der Waals surface area contributed by atoms with Crippen molar-refractivity contribution in [3.63, 3.8) is 0 Å². The largest absolute Gasteiger partial charge is 0.464 e. The summed E-state index contributed by atoms with van der Waals surface area (Å²) in [7, 11) is 0. The fourth-order valence-electron chi connectivity index (χ4n) is 3.94. The molecule has 0 saturated carbocycles. The van der Waals surface area contributed by atoms with Gasteiger partial charge in [-0.25, -0.2) is 8.78 Å². The summed E-state index contributed by atoms with van der Waals surface area (Å²) >= 11 is 0. The molecule has 0 fully saturated rings. The molecule has 0 bridgehead atoms. The van der Waals surface area contributed by atoms with E-state index in [4.69, 9.17) is 10.2 Å². The van der Waals surface area contributed by atoms with Crippen LogP contribution in [0.2, 0.25) is 0 Å². The summed E-state index contributed by atoms with van der Waals surface area (Å²) in [5.41, 5.74) is 9.10. The number of hydrogen-bond donors (Lipinski definition) is 1. The van der Waals surface area contributed by atoms with Gasteiger partial charge in [0.1, 0.15) is 5.76 Å². The smallest absolute Gasteiger partial charge is 0.249 e. The highest BCUT2D eigenvalue weighted by atomic mass is 19.2. The second-order valence-electron chi connectivity index (χ2n) is 7.11. The van der Waals surface area contributed by atoms with Crippen molar-refractivity contribution in [2.45, 2.75) is 6.54 Å². The Labute approximate surface area is 170 Å². The lowest BCUT2D eigenvalue weighted by atomic mass is 10.0. The Morgan fingerprint density at radius 2 is 1.80 bits per heavy atom. The molecule has 0 aliphatic heterocycles. The third-order valence-electron chi connectivity index (χ3n) is 5.29. The highest BCUT2D eigenvalue weighted by Gasteiger charge is 2.18. The van der Waals surface area contributed by atoms with Crippen molar-refractivity contribution in [2.24, 2.45) is 5.73 Å². The number of nitrogens with two attached hydrogens (primary N) is 1. The number of furan rings is 1. The second-order valence-corrected chi connectivity index (χ2v) is 7.11. The fraction of sp³-hybridized carbons (Fsp3) is 0.0417. The molecule has 0 aliphatic rings. The van der Waals surface area contributed by atoms with E-state index in [9.17, 15) is 13.6 Å². The zero-order valence-electron chi connectivity index (χ0n) is 15.7. The summed E-state index contributed by atoms with van der Waals surface area (Å²) in [4.78, 5) is 12.1. The lowest BCUT2D eigenvalue weighted by Crippen LogP contribution is -2.11. The van der Waals surface area contributed by atoms with Crippen molar-refractivity contribution >= 4 is 27.7 Å². The van der Waals surface area contributed by atoms with Crippen LogP contribution in [0, 0.1) is 11.6 Å². The third-order valence-corrected chi connectivity index (χ3v) is 5.29. The molecule has 0 radical (unpaired) electrons. The molecule has 5 rings (SSSR count). The predicted octanol–water partition coefficient (Wildman–Crippen LogP) is 5.48. The molecule has 0 atom stereocenters. The van der Waals surface area contributed by atoms with Crippen molar-refractivity contribution in [1.82, 2.24) is 4.57 Å². The van der Waals surface area contributed by atoms with E-state index in [1.807, 2.05) is 41.0 Å².